The lowest BCUT2D eigenvalue weighted by Crippen LogP contribution is -2.45. The number of rotatable bonds is 5. The molecule has 144 valence electrons. The van der Waals surface area contributed by atoms with Crippen molar-refractivity contribution in [1.29, 1.82) is 0 Å². The van der Waals surface area contributed by atoms with E-state index in [4.69, 9.17) is 0 Å². The molecular formula is C18H29N5O3. The Kier molecular flexibility index (Phi) is 6.26. The van der Waals surface area contributed by atoms with Crippen LogP contribution in [0.1, 0.15) is 25.7 Å². The minimum Gasteiger partial charge on any atom is -0.392 e. The van der Waals surface area contributed by atoms with Crippen molar-refractivity contribution in [2.24, 2.45) is 13.0 Å². The highest BCUT2D eigenvalue weighted by Crippen LogP contribution is 2.21. The maximum Gasteiger partial charge on any atom is 0.268 e. The van der Waals surface area contributed by atoms with Crippen molar-refractivity contribution in [3.8, 4) is 0 Å². The van der Waals surface area contributed by atoms with Crippen LogP contribution in [0.4, 0.5) is 5.69 Å². The Morgan fingerprint density at radius 1 is 1.31 bits per heavy atom. The van der Waals surface area contributed by atoms with Gasteiger partial charge in [-0.25, -0.2) is 4.68 Å². The highest BCUT2D eigenvalue weighted by molar-refractivity contribution is 5.78. The zero-order chi connectivity index (χ0) is 18.5. The Morgan fingerprint density at radius 3 is 2.77 bits per heavy atom. The normalized spacial score (nSPS) is 22.4. The third-order valence-electron chi connectivity index (χ3n) is 5.37. The summed E-state index contributed by atoms with van der Waals surface area (Å²) in [6.07, 6.45) is 5.18. The second kappa shape index (κ2) is 8.64. The van der Waals surface area contributed by atoms with Gasteiger partial charge in [0, 0.05) is 39.3 Å². The molecule has 0 spiro atoms. The number of β-amino-alcohol motifs (C(OH)–C–C–N with tert-alkyl or cyclic N) is 1. The highest BCUT2D eigenvalue weighted by Gasteiger charge is 2.22. The first-order chi connectivity index (χ1) is 12.5. The number of likely N-dealkylation sites (tertiary alicyclic amines) is 1. The van der Waals surface area contributed by atoms with E-state index in [0.29, 0.717) is 25.6 Å². The Hall–Kier alpha value is -1.93. The minimum absolute atomic E-state index is 0.0392. The number of carbonyl (C=O) groups is 1. The van der Waals surface area contributed by atoms with Crippen LogP contribution >= 0.6 is 0 Å². The fourth-order valence-corrected chi connectivity index (χ4v) is 3.72. The summed E-state index contributed by atoms with van der Waals surface area (Å²) in [6.45, 7) is 4.28. The lowest BCUT2D eigenvalue weighted by Gasteiger charge is -2.33. The monoisotopic (exact) mass is 363 g/mol. The predicted octanol–water partition coefficient (Wildman–Crippen LogP) is -0.430. The number of aliphatic hydroxyl groups is 1. The van der Waals surface area contributed by atoms with Gasteiger partial charge in [0.05, 0.1) is 24.5 Å². The van der Waals surface area contributed by atoms with Crippen LogP contribution in [-0.4, -0.2) is 71.1 Å². The number of hydrogen-bond acceptors (Lipinski definition) is 6. The molecule has 3 heterocycles. The van der Waals surface area contributed by atoms with Gasteiger partial charge < -0.3 is 15.3 Å². The van der Waals surface area contributed by atoms with Gasteiger partial charge in [-0.1, -0.05) is 0 Å². The number of anilines is 1. The van der Waals surface area contributed by atoms with E-state index in [2.05, 4.69) is 15.3 Å². The molecule has 0 unspecified atom stereocenters. The van der Waals surface area contributed by atoms with Crippen LogP contribution in [0.25, 0.3) is 0 Å². The molecular weight excluding hydrogens is 334 g/mol. The summed E-state index contributed by atoms with van der Waals surface area (Å²) in [4.78, 5) is 28.0. The van der Waals surface area contributed by atoms with Gasteiger partial charge in [0.1, 0.15) is 0 Å². The van der Waals surface area contributed by atoms with Crippen LogP contribution in [0.15, 0.2) is 17.1 Å². The van der Waals surface area contributed by atoms with Crippen LogP contribution in [0, 0.1) is 5.92 Å². The van der Waals surface area contributed by atoms with E-state index in [9.17, 15) is 14.7 Å². The smallest absolute Gasteiger partial charge is 0.268 e. The topological polar surface area (TPSA) is 90.7 Å². The Morgan fingerprint density at radius 2 is 2.08 bits per heavy atom. The molecule has 1 amide bonds. The number of piperidine rings is 2. The number of carbonyl (C=O) groups excluding carboxylic acids is 1. The first-order valence-corrected chi connectivity index (χ1v) is 9.46. The Bertz CT molecular complexity index is 669. The maximum absolute atomic E-state index is 12.1. The summed E-state index contributed by atoms with van der Waals surface area (Å²) >= 11 is 0. The fraction of sp³-hybridized carbons (Fsp3) is 0.722. The first kappa shape index (κ1) is 18.8. The average Bonchev–Trinajstić information content (AvgIpc) is 2.63. The number of hydrogen-bond donors (Lipinski definition) is 2. The molecule has 2 fully saturated rings. The van der Waals surface area contributed by atoms with E-state index < -0.39 is 0 Å². The Labute approximate surface area is 153 Å². The molecule has 0 radical (unpaired) electrons. The van der Waals surface area contributed by atoms with E-state index in [1.807, 2.05) is 4.90 Å². The lowest BCUT2D eigenvalue weighted by molar-refractivity contribution is -0.123. The molecule has 0 aliphatic carbocycles. The fourth-order valence-electron chi connectivity index (χ4n) is 3.72. The largest absolute Gasteiger partial charge is 0.392 e. The standard InChI is InChI=1S/C18H29N5O3/c1-21-18(26)9-15(11-20-21)23-7-4-14(5-8-23)10-19-17(25)13-22-6-2-3-16(24)12-22/h9,11,14,16,24H,2-8,10,12-13H2,1H3,(H,19,25)/t16-/m0/s1. The van der Waals surface area contributed by atoms with E-state index in [-0.39, 0.29) is 17.6 Å². The number of nitrogens with one attached hydrogen (secondary N) is 1. The zero-order valence-corrected chi connectivity index (χ0v) is 15.4. The van der Waals surface area contributed by atoms with Gasteiger partial charge in [-0.3, -0.25) is 14.5 Å². The lowest BCUT2D eigenvalue weighted by atomic mass is 9.96. The molecule has 0 saturated carbocycles. The third-order valence-corrected chi connectivity index (χ3v) is 5.37. The van der Waals surface area contributed by atoms with Crippen molar-refractivity contribution in [3.05, 3.63) is 22.6 Å². The van der Waals surface area contributed by atoms with E-state index in [1.165, 1.54) is 4.68 Å². The zero-order valence-electron chi connectivity index (χ0n) is 15.4. The number of nitrogens with zero attached hydrogens (tertiary/aromatic N) is 4. The summed E-state index contributed by atoms with van der Waals surface area (Å²) in [5, 5.41) is 16.8. The number of aromatic nitrogens is 2. The van der Waals surface area contributed by atoms with E-state index >= 15 is 0 Å². The van der Waals surface area contributed by atoms with Gasteiger partial charge in [0.25, 0.3) is 5.56 Å². The Balaban J connectivity index is 1.39. The second-order valence-corrected chi connectivity index (χ2v) is 7.44. The van der Waals surface area contributed by atoms with E-state index in [0.717, 1.165) is 51.0 Å². The summed E-state index contributed by atoms with van der Waals surface area (Å²) in [5.41, 5.74) is 0.777. The van der Waals surface area contributed by atoms with Gasteiger partial charge in [0.15, 0.2) is 0 Å². The molecule has 8 heteroatoms. The molecule has 1 aromatic rings. The first-order valence-electron chi connectivity index (χ1n) is 9.46. The molecule has 0 aromatic carbocycles. The van der Waals surface area contributed by atoms with Crippen LogP contribution in [-0.2, 0) is 11.8 Å². The van der Waals surface area contributed by atoms with Gasteiger partial charge in [-0.2, -0.15) is 5.10 Å². The molecule has 3 rings (SSSR count). The van der Waals surface area contributed by atoms with Gasteiger partial charge >= 0.3 is 0 Å². The van der Waals surface area contributed by atoms with Crippen LogP contribution in [0.5, 0.6) is 0 Å². The van der Waals surface area contributed by atoms with Gasteiger partial charge in [-0.15, -0.1) is 0 Å². The quantitative estimate of drug-likeness (QED) is 0.738. The van der Waals surface area contributed by atoms with Crippen molar-refractivity contribution < 1.29 is 9.90 Å². The second-order valence-electron chi connectivity index (χ2n) is 7.44. The summed E-state index contributed by atoms with van der Waals surface area (Å²) in [7, 11) is 1.64. The SMILES string of the molecule is Cn1ncc(N2CCC(CNC(=O)CN3CCC[C@H](O)C3)CC2)cc1=O. The molecule has 8 nitrogen and oxygen atoms in total. The van der Waals surface area contributed by atoms with Gasteiger partial charge in [-0.05, 0) is 38.1 Å². The third kappa shape index (κ3) is 5.04. The minimum atomic E-state index is -0.301. The van der Waals surface area contributed by atoms with Crippen molar-refractivity contribution in [2.45, 2.75) is 31.8 Å². The molecule has 1 atom stereocenters. The summed E-state index contributed by atoms with van der Waals surface area (Å²) < 4.78 is 1.33. The van der Waals surface area contributed by atoms with E-state index in [1.54, 1.807) is 19.3 Å². The molecule has 1 aromatic heterocycles. The predicted molar refractivity (Wildman–Crippen MR) is 99.1 cm³/mol. The van der Waals surface area contributed by atoms with Crippen molar-refractivity contribution >= 4 is 11.6 Å². The molecule has 2 aliphatic heterocycles. The number of aryl methyl sites for hydroxylation is 1. The molecule has 26 heavy (non-hydrogen) atoms. The molecule has 0 bridgehead atoms. The van der Waals surface area contributed by atoms with Crippen LogP contribution < -0.4 is 15.8 Å². The maximum atomic E-state index is 12.1. The van der Waals surface area contributed by atoms with Crippen LogP contribution in [0.3, 0.4) is 0 Å². The summed E-state index contributed by atoms with van der Waals surface area (Å²) in [5.74, 6) is 0.499. The van der Waals surface area contributed by atoms with Crippen molar-refractivity contribution in [3.63, 3.8) is 0 Å². The van der Waals surface area contributed by atoms with Crippen molar-refractivity contribution in [2.75, 3.05) is 44.2 Å². The van der Waals surface area contributed by atoms with Gasteiger partial charge in [0.2, 0.25) is 5.91 Å². The summed E-state index contributed by atoms with van der Waals surface area (Å²) in [6, 6.07) is 1.63. The van der Waals surface area contributed by atoms with Crippen molar-refractivity contribution in [1.82, 2.24) is 20.0 Å². The number of aliphatic hydroxyl groups excluding tert-OH is 1. The molecule has 2 N–H and O–H groups in total. The average molecular weight is 363 g/mol. The highest BCUT2D eigenvalue weighted by atomic mass is 16.3. The molecule has 2 saturated heterocycles. The van der Waals surface area contributed by atoms with Crippen LogP contribution in [0.2, 0.25) is 0 Å². The number of amides is 1. The molecule has 2 aliphatic rings.